The molecule has 2 N–H and O–H groups in total. The number of carbonyl (C=O) groups excluding carboxylic acids is 1. The van der Waals surface area contributed by atoms with Gasteiger partial charge in [-0.2, -0.15) is 0 Å². The average Bonchev–Trinajstić information content (AvgIpc) is 3.25. The molecule has 1 aliphatic carbocycles. The molecule has 2 aromatic carbocycles. The molecule has 0 spiro atoms. The zero-order chi connectivity index (χ0) is 29.2. The van der Waals surface area contributed by atoms with Crippen LogP contribution in [0.2, 0.25) is 15.1 Å². The van der Waals surface area contributed by atoms with Crippen molar-refractivity contribution in [3.63, 3.8) is 0 Å². The van der Waals surface area contributed by atoms with Gasteiger partial charge in [-0.1, -0.05) is 74.9 Å². The summed E-state index contributed by atoms with van der Waals surface area (Å²) in [6, 6.07) is 13.3. The number of benzene rings is 2. The molecular weight excluding hydrogens is 574 g/mol. The zero-order valence-corrected chi connectivity index (χ0v) is 27.3. The normalized spacial score (nSPS) is 26.0. The molecule has 0 bridgehead atoms. The predicted molar refractivity (Wildman–Crippen MR) is 166 cm³/mol. The van der Waals surface area contributed by atoms with E-state index in [9.17, 15) is 9.90 Å². The van der Waals surface area contributed by atoms with E-state index in [1.807, 2.05) is 55.6 Å². The summed E-state index contributed by atoms with van der Waals surface area (Å²) in [6.07, 6.45) is 4.28. The molecule has 1 saturated carbocycles. The van der Waals surface area contributed by atoms with Crippen LogP contribution in [0.25, 0.3) is 0 Å². The Morgan fingerprint density at radius 3 is 2.59 bits per heavy atom. The van der Waals surface area contributed by atoms with Crippen LogP contribution in [0.5, 0.6) is 11.5 Å². The number of hydrogen-bond acceptors (Lipinski definition) is 7. The van der Waals surface area contributed by atoms with Crippen LogP contribution in [0.3, 0.4) is 0 Å². The van der Waals surface area contributed by atoms with Gasteiger partial charge in [0.05, 0.1) is 11.5 Å². The number of ether oxygens (including phenoxy) is 2. The summed E-state index contributed by atoms with van der Waals surface area (Å²) in [5.74, 6) is 1.32. The van der Waals surface area contributed by atoms with Crippen LogP contribution in [0.1, 0.15) is 75.9 Å². The molecule has 218 valence electrons. The highest BCUT2D eigenvalue weighted by Gasteiger charge is 2.56. The molecule has 2 aliphatic heterocycles. The van der Waals surface area contributed by atoms with Crippen LogP contribution in [-0.4, -0.2) is 49.5 Å². The third-order valence-corrected chi connectivity index (χ3v) is 13.3. The molecule has 2 fully saturated rings. The Bertz CT molecular complexity index is 1480. The highest BCUT2D eigenvalue weighted by molar-refractivity contribution is 7.15. The lowest BCUT2D eigenvalue weighted by atomic mass is 9.94. The van der Waals surface area contributed by atoms with Crippen molar-refractivity contribution < 1.29 is 19.4 Å². The molecule has 10 heteroatoms. The number of hydrogen-bond donors (Lipinski definition) is 2. The molecule has 1 amide bonds. The number of nitrogens with one attached hydrogen (secondary N) is 1. The summed E-state index contributed by atoms with van der Waals surface area (Å²) < 4.78 is 11.0. The van der Waals surface area contributed by atoms with Gasteiger partial charge in [-0.15, -0.1) is 0 Å². The molecule has 0 radical (unpaired) electrons. The quantitative estimate of drug-likeness (QED) is 0.307. The van der Waals surface area contributed by atoms with Gasteiger partial charge in [0.25, 0.3) is 0 Å². The number of halogens is 1. The molecule has 3 aromatic rings. The van der Waals surface area contributed by atoms with E-state index in [0.717, 1.165) is 41.8 Å². The first kappa shape index (κ1) is 28.7. The second-order valence-electron chi connectivity index (χ2n) is 13.4. The second kappa shape index (κ2) is 10.1. The number of thiazole rings is 1. The van der Waals surface area contributed by atoms with E-state index in [0.29, 0.717) is 21.7 Å². The predicted octanol–water partition coefficient (Wildman–Crippen LogP) is 6.26. The largest absolute Gasteiger partial charge is 0.454 e. The minimum absolute atomic E-state index is 0.0662. The maximum atomic E-state index is 13.6. The molecule has 3 heterocycles. The maximum Gasteiger partial charge on any atom is 0.236 e. The molecule has 3 aliphatic rings. The van der Waals surface area contributed by atoms with Crippen molar-refractivity contribution in [2.75, 3.05) is 18.7 Å². The van der Waals surface area contributed by atoms with Gasteiger partial charge < -0.3 is 19.9 Å². The molecule has 3 atom stereocenters. The Morgan fingerprint density at radius 2 is 1.88 bits per heavy atom. The Kier molecular flexibility index (Phi) is 7.06. The highest BCUT2D eigenvalue weighted by atomic mass is 35.5. The third kappa shape index (κ3) is 5.10. The topological polar surface area (TPSA) is 83.9 Å². The summed E-state index contributed by atoms with van der Waals surface area (Å²) in [6.45, 7) is 12.0. The number of fused-ring (bicyclic) bond motifs is 1. The minimum atomic E-state index is -1.03. The lowest BCUT2D eigenvalue weighted by Crippen LogP contribution is -2.51. The Balaban J connectivity index is 1.29. The number of aliphatic hydroxyl groups is 1. The third-order valence-electron chi connectivity index (χ3n) is 9.16. The van der Waals surface area contributed by atoms with Gasteiger partial charge >= 0.3 is 0 Å². The summed E-state index contributed by atoms with van der Waals surface area (Å²) in [7, 11) is -0.666. The van der Waals surface area contributed by atoms with E-state index >= 15 is 0 Å². The van der Waals surface area contributed by atoms with Crippen molar-refractivity contribution in [1.29, 1.82) is 0 Å². The van der Waals surface area contributed by atoms with Gasteiger partial charge in [0.1, 0.15) is 5.72 Å². The van der Waals surface area contributed by atoms with Gasteiger partial charge in [0, 0.05) is 37.2 Å². The highest BCUT2D eigenvalue weighted by Crippen LogP contribution is 2.57. The van der Waals surface area contributed by atoms with E-state index in [-0.39, 0.29) is 28.8 Å². The standard InChI is InChI=1S/C31H38ClN3O4SSi/c1-28(2,3)41-29(4)14-15-35(30(29,5)37)25(20-8-6-7-9-21(20)32)24-17-33-27(40-24)34-26(36)31(12-13-31)19-10-11-22-23(16-19)39-18-38-22/h6-11,16-17,25,37H,12-15,18,41H2,1-5H3,(H,33,34,36)/t25-,29?,30?/m0/s1. The Morgan fingerprint density at radius 1 is 1.15 bits per heavy atom. The number of nitrogens with zero attached hydrogens (tertiary/aromatic N) is 2. The number of amides is 1. The molecule has 41 heavy (non-hydrogen) atoms. The molecular formula is C31H38ClN3O4SSi. The first-order chi connectivity index (χ1) is 19.3. The number of carbonyl (C=O) groups is 1. The lowest BCUT2D eigenvalue weighted by Gasteiger charge is -2.46. The van der Waals surface area contributed by atoms with Gasteiger partial charge in [-0.05, 0) is 60.6 Å². The van der Waals surface area contributed by atoms with Crippen molar-refractivity contribution in [3.05, 3.63) is 69.7 Å². The van der Waals surface area contributed by atoms with Crippen LogP contribution < -0.4 is 14.8 Å². The van der Waals surface area contributed by atoms with Gasteiger partial charge in [-0.3, -0.25) is 9.69 Å². The molecule has 7 nitrogen and oxygen atoms in total. The lowest BCUT2D eigenvalue weighted by molar-refractivity contribution is -0.118. The van der Waals surface area contributed by atoms with Gasteiger partial charge in [0.15, 0.2) is 16.6 Å². The van der Waals surface area contributed by atoms with Gasteiger partial charge in [-0.25, -0.2) is 4.98 Å². The average molecular weight is 612 g/mol. The molecule has 2 unspecified atom stereocenters. The first-order valence-corrected chi connectivity index (χ1v) is 16.8. The maximum absolute atomic E-state index is 13.6. The monoisotopic (exact) mass is 611 g/mol. The van der Waals surface area contributed by atoms with Crippen molar-refractivity contribution in [3.8, 4) is 11.5 Å². The second-order valence-corrected chi connectivity index (χ2v) is 18.9. The van der Waals surface area contributed by atoms with E-state index in [2.05, 4.69) is 42.9 Å². The first-order valence-electron chi connectivity index (χ1n) is 14.2. The van der Waals surface area contributed by atoms with E-state index in [1.165, 1.54) is 11.3 Å². The fourth-order valence-corrected chi connectivity index (χ4v) is 11.2. The Labute approximate surface area is 253 Å². The fourth-order valence-electron chi connectivity index (χ4n) is 6.80. The van der Waals surface area contributed by atoms with Crippen LogP contribution in [0, 0.1) is 0 Å². The SMILES string of the molecule is CC(C)(C)[SiH2]C1(C)CCN([C@H](c2cnc(NC(=O)C3(c4ccc5c(c4)OCO5)CC3)s2)c2ccccc2Cl)C1(C)O. The van der Waals surface area contributed by atoms with Crippen LogP contribution >= 0.6 is 22.9 Å². The number of anilines is 1. The van der Waals surface area contributed by atoms with E-state index in [4.69, 9.17) is 21.1 Å². The number of aromatic nitrogens is 1. The van der Waals surface area contributed by atoms with Crippen molar-refractivity contribution in [1.82, 2.24) is 9.88 Å². The molecule has 1 saturated heterocycles. The minimum Gasteiger partial charge on any atom is -0.454 e. The van der Waals surface area contributed by atoms with E-state index < -0.39 is 20.7 Å². The number of likely N-dealkylation sites (tertiary alicyclic amines) is 1. The van der Waals surface area contributed by atoms with E-state index in [1.54, 1.807) is 0 Å². The summed E-state index contributed by atoms with van der Waals surface area (Å²) >= 11 is 8.23. The van der Waals surface area contributed by atoms with Crippen LogP contribution in [0.4, 0.5) is 5.13 Å². The van der Waals surface area contributed by atoms with Crippen LogP contribution in [0.15, 0.2) is 48.7 Å². The van der Waals surface area contributed by atoms with Crippen molar-refractivity contribution in [2.24, 2.45) is 0 Å². The summed E-state index contributed by atoms with van der Waals surface area (Å²) in [5.41, 5.74) is 0.241. The zero-order valence-electron chi connectivity index (χ0n) is 24.3. The summed E-state index contributed by atoms with van der Waals surface area (Å²) in [4.78, 5) is 21.4. The Hall–Kier alpha value is -2.43. The van der Waals surface area contributed by atoms with Gasteiger partial charge in [0.2, 0.25) is 12.7 Å². The summed E-state index contributed by atoms with van der Waals surface area (Å²) in [5, 5.41) is 16.5. The number of rotatable bonds is 7. The molecule has 1 aromatic heterocycles. The van der Waals surface area contributed by atoms with Crippen molar-refractivity contribution >= 4 is 43.5 Å². The smallest absolute Gasteiger partial charge is 0.236 e. The molecule has 6 rings (SSSR count). The fraction of sp³-hybridized carbons (Fsp3) is 0.484. The van der Waals surface area contributed by atoms with Crippen LogP contribution in [-0.2, 0) is 10.2 Å². The van der Waals surface area contributed by atoms with Crippen molar-refractivity contribution in [2.45, 2.75) is 81.1 Å².